The second kappa shape index (κ2) is 4.99. The number of halogens is 1. The number of sulfone groups is 1. The summed E-state index contributed by atoms with van der Waals surface area (Å²) in [4.78, 5) is 0. The van der Waals surface area contributed by atoms with Gasteiger partial charge >= 0.3 is 0 Å². The molecule has 96 valence electrons. The summed E-state index contributed by atoms with van der Waals surface area (Å²) in [7, 11) is -3.21. The summed E-state index contributed by atoms with van der Waals surface area (Å²) in [6.07, 6.45) is 0.120. The Balaban J connectivity index is 2.55. The maximum Gasteiger partial charge on any atom is 0.150 e. The molecule has 1 atom stereocenters. The van der Waals surface area contributed by atoms with Crippen LogP contribution in [0, 0.1) is 0 Å². The second-order valence-corrected chi connectivity index (χ2v) is 7.33. The van der Waals surface area contributed by atoms with Crippen molar-refractivity contribution in [2.45, 2.75) is 6.10 Å². The highest BCUT2D eigenvalue weighted by Gasteiger charge is 2.17. The van der Waals surface area contributed by atoms with Gasteiger partial charge in [0.15, 0.2) is 0 Å². The second-order valence-electron chi connectivity index (χ2n) is 4.29. The summed E-state index contributed by atoms with van der Waals surface area (Å²) in [6, 6.07) is 11.1. The van der Waals surface area contributed by atoms with E-state index in [0.717, 1.165) is 21.5 Å². The Kier molecular flexibility index (Phi) is 3.75. The first kappa shape index (κ1) is 13.5. The minimum atomic E-state index is -3.21. The highest BCUT2D eigenvalue weighted by Crippen LogP contribution is 2.30. The Bertz CT molecular complexity index is 680. The van der Waals surface area contributed by atoms with Crippen LogP contribution >= 0.6 is 15.9 Å². The molecule has 18 heavy (non-hydrogen) atoms. The van der Waals surface area contributed by atoms with E-state index in [-0.39, 0.29) is 5.75 Å². The smallest absolute Gasteiger partial charge is 0.150 e. The molecule has 2 aromatic rings. The maximum atomic E-state index is 11.2. The van der Waals surface area contributed by atoms with Crippen LogP contribution in [-0.4, -0.2) is 25.5 Å². The van der Waals surface area contributed by atoms with Gasteiger partial charge in [-0.3, -0.25) is 0 Å². The Labute approximate surface area is 114 Å². The molecule has 0 saturated carbocycles. The van der Waals surface area contributed by atoms with E-state index in [1.54, 1.807) is 6.07 Å². The van der Waals surface area contributed by atoms with Crippen molar-refractivity contribution in [3.63, 3.8) is 0 Å². The monoisotopic (exact) mass is 328 g/mol. The van der Waals surface area contributed by atoms with E-state index in [1.807, 2.05) is 30.3 Å². The molecule has 0 spiro atoms. The Hall–Kier alpha value is -0.910. The van der Waals surface area contributed by atoms with Gasteiger partial charge in [-0.05, 0) is 22.4 Å². The van der Waals surface area contributed by atoms with Crippen LogP contribution in [0.25, 0.3) is 10.8 Å². The lowest BCUT2D eigenvalue weighted by Crippen LogP contribution is -2.13. The summed E-state index contributed by atoms with van der Waals surface area (Å²) >= 11 is 3.44. The number of fused-ring (bicyclic) bond motifs is 1. The van der Waals surface area contributed by atoms with Gasteiger partial charge < -0.3 is 5.11 Å². The van der Waals surface area contributed by atoms with Gasteiger partial charge in [-0.1, -0.05) is 46.3 Å². The van der Waals surface area contributed by atoms with Crippen LogP contribution in [0.1, 0.15) is 11.7 Å². The summed E-state index contributed by atoms with van der Waals surface area (Å²) in [6.45, 7) is 0. The standard InChI is InChI=1S/C13H13BrO3S/c1-18(16,17)8-13(15)11-6-7-12(14)10-5-3-2-4-9(10)11/h2-7,13,15H,8H2,1H3. The molecule has 0 aromatic heterocycles. The van der Waals surface area contributed by atoms with Gasteiger partial charge in [-0.25, -0.2) is 8.42 Å². The van der Waals surface area contributed by atoms with Crippen molar-refractivity contribution in [3.8, 4) is 0 Å². The lowest BCUT2D eigenvalue weighted by atomic mass is 10.0. The van der Waals surface area contributed by atoms with Gasteiger partial charge in [-0.2, -0.15) is 0 Å². The molecule has 0 aliphatic heterocycles. The van der Waals surface area contributed by atoms with E-state index < -0.39 is 15.9 Å². The van der Waals surface area contributed by atoms with Gasteiger partial charge in [0.1, 0.15) is 9.84 Å². The third-order valence-electron chi connectivity index (χ3n) is 2.72. The van der Waals surface area contributed by atoms with Crippen LogP contribution in [0.2, 0.25) is 0 Å². The van der Waals surface area contributed by atoms with Crippen LogP contribution in [0.5, 0.6) is 0 Å². The average molecular weight is 329 g/mol. The van der Waals surface area contributed by atoms with E-state index in [9.17, 15) is 13.5 Å². The molecule has 3 nitrogen and oxygen atoms in total. The predicted molar refractivity (Wildman–Crippen MR) is 76.3 cm³/mol. The summed E-state index contributed by atoms with van der Waals surface area (Å²) in [5, 5.41) is 11.9. The molecule has 0 amide bonds. The molecule has 0 bridgehead atoms. The van der Waals surface area contributed by atoms with Crippen LogP contribution < -0.4 is 0 Å². The van der Waals surface area contributed by atoms with E-state index in [1.165, 1.54) is 0 Å². The fourth-order valence-corrected chi connectivity index (χ4v) is 3.18. The Morgan fingerprint density at radius 1 is 1.17 bits per heavy atom. The van der Waals surface area contributed by atoms with E-state index in [4.69, 9.17) is 0 Å². The van der Waals surface area contributed by atoms with Crippen molar-refractivity contribution in [1.29, 1.82) is 0 Å². The number of hydrogen-bond acceptors (Lipinski definition) is 3. The Morgan fingerprint density at radius 2 is 1.78 bits per heavy atom. The summed E-state index contributed by atoms with van der Waals surface area (Å²) < 4.78 is 23.4. The average Bonchev–Trinajstić information content (AvgIpc) is 2.27. The molecule has 0 heterocycles. The minimum absolute atomic E-state index is 0.265. The Morgan fingerprint density at radius 3 is 2.39 bits per heavy atom. The van der Waals surface area contributed by atoms with Gasteiger partial charge in [0.25, 0.3) is 0 Å². The molecular weight excluding hydrogens is 316 g/mol. The zero-order chi connectivity index (χ0) is 13.3. The predicted octanol–water partition coefficient (Wildman–Crippen LogP) is 2.68. The van der Waals surface area contributed by atoms with Crippen molar-refractivity contribution in [2.75, 3.05) is 12.0 Å². The molecular formula is C13H13BrO3S. The van der Waals surface area contributed by atoms with Gasteiger partial charge in [0, 0.05) is 10.7 Å². The van der Waals surface area contributed by atoms with Gasteiger partial charge in [0.2, 0.25) is 0 Å². The SMILES string of the molecule is CS(=O)(=O)CC(O)c1ccc(Br)c2ccccc12. The first-order chi connectivity index (χ1) is 8.38. The number of rotatable bonds is 3. The first-order valence-corrected chi connectivity index (χ1v) is 8.27. The molecule has 1 N–H and O–H groups in total. The zero-order valence-electron chi connectivity index (χ0n) is 9.80. The van der Waals surface area contributed by atoms with Crippen LogP contribution in [0.15, 0.2) is 40.9 Å². The van der Waals surface area contributed by atoms with E-state index in [0.29, 0.717) is 5.56 Å². The van der Waals surface area contributed by atoms with Crippen molar-refractivity contribution < 1.29 is 13.5 Å². The molecule has 0 aliphatic rings. The third kappa shape index (κ3) is 2.91. The molecule has 0 fully saturated rings. The van der Waals surface area contributed by atoms with Crippen LogP contribution in [0.4, 0.5) is 0 Å². The number of hydrogen-bond donors (Lipinski definition) is 1. The molecule has 2 rings (SSSR count). The molecule has 1 unspecified atom stereocenters. The van der Waals surface area contributed by atoms with Gasteiger partial charge in [-0.15, -0.1) is 0 Å². The third-order valence-corrected chi connectivity index (χ3v) is 4.34. The quantitative estimate of drug-likeness (QED) is 0.942. The highest BCUT2D eigenvalue weighted by atomic mass is 79.9. The van der Waals surface area contributed by atoms with Crippen molar-refractivity contribution in [3.05, 3.63) is 46.4 Å². The molecule has 2 aromatic carbocycles. The topological polar surface area (TPSA) is 54.4 Å². The molecule has 0 aliphatic carbocycles. The largest absolute Gasteiger partial charge is 0.387 e. The number of aliphatic hydroxyl groups is 1. The normalized spacial score (nSPS) is 13.7. The number of aliphatic hydroxyl groups excluding tert-OH is 1. The summed E-state index contributed by atoms with van der Waals surface area (Å²) in [5.74, 6) is -0.265. The van der Waals surface area contributed by atoms with E-state index in [2.05, 4.69) is 15.9 Å². The van der Waals surface area contributed by atoms with E-state index >= 15 is 0 Å². The van der Waals surface area contributed by atoms with Crippen LogP contribution in [-0.2, 0) is 9.84 Å². The van der Waals surface area contributed by atoms with Crippen molar-refractivity contribution >= 4 is 36.5 Å². The maximum absolute atomic E-state index is 11.2. The fourth-order valence-electron chi connectivity index (χ4n) is 1.95. The number of benzene rings is 2. The fraction of sp³-hybridized carbons (Fsp3) is 0.231. The lowest BCUT2D eigenvalue weighted by molar-refractivity contribution is 0.203. The first-order valence-electron chi connectivity index (χ1n) is 5.41. The minimum Gasteiger partial charge on any atom is -0.387 e. The molecule has 0 saturated heterocycles. The molecule has 5 heteroatoms. The lowest BCUT2D eigenvalue weighted by Gasteiger charge is -2.13. The van der Waals surface area contributed by atoms with Crippen molar-refractivity contribution in [2.24, 2.45) is 0 Å². The van der Waals surface area contributed by atoms with Crippen molar-refractivity contribution in [1.82, 2.24) is 0 Å². The molecule has 0 radical (unpaired) electrons. The highest BCUT2D eigenvalue weighted by molar-refractivity contribution is 9.10. The van der Waals surface area contributed by atoms with Gasteiger partial charge in [0.05, 0.1) is 11.9 Å². The van der Waals surface area contributed by atoms with Crippen LogP contribution in [0.3, 0.4) is 0 Å². The zero-order valence-corrected chi connectivity index (χ0v) is 12.2. The summed E-state index contributed by atoms with van der Waals surface area (Å²) in [5.41, 5.74) is 0.638.